The second-order valence-corrected chi connectivity index (χ2v) is 7.71. The number of thiocarbonyl (C=S) groups is 1. The molecule has 0 saturated heterocycles. The lowest BCUT2D eigenvalue weighted by Crippen LogP contribution is -2.36. The smallest absolute Gasteiger partial charge is 0.173 e. The van der Waals surface area contributed by atoms with Crippen molar-refractivity contribution in [1.29, 1.82) is 0 Å². The fourth-order valence-corrected chi connectivity index (χ4v) is 3.92. The standard InChI is InChI=1S/C24H32N4OS/c1-4-27(5-2)14-9-15-28(18-19-17-25-23-13-7-6-12-22(19)23)24(30)26-20-10-8-11-21(16-20)29-3/h6-8,10-13,16-17,25H,4-5,9,14-15,18H2,1-3H3,(H,26,30). The van der Waals surface area contributed by atoms with Crippen molar-refractivity contribution < 1.29 is 4.74 Å². The van der Waals surface area contributed by atoms with Crippen LogP contribution in [0.3, 0.4) is 0 Å². The SMILES string of the molecule is CCN(CC)CCCN(Cc1c[nH]c2ccccc12)C(=S)Nc1cccc(OC)c1. The highest BCUT2D eigenvalue weighted by Crippen LogP contribution is 2.21. The molecule has 0 radical (unpaired) electrons. The van der Waals surface area contributed by atoms with E-state index in [9.17, 15) is 0 Å². The van der Waals surface area contributed by atoms with Crippen molar-refractivity contribution in [2.75, 3.05) is 38.6 Å². The summed E-state index contributed by atoms with van der Waals surface area (Å²) in [6.45, 7) is 9.30. The molecule has 5 nitrogen and oxygen atoms in total. The normalized spacial score (nSPS) is 11.1. The van der Waals surface area contributed by atoms with Gasteiger partial charge in [0.15, 0.2) is 5.11 Å². The molecule has 0 bridgehead atoms. The van der Waals surface area contributed by atoms with Crippen LogP contribution in [0.15, 0.2) is 54.7 Å². The van der Waals surface area contributed by atoms with Crippen LogP contribution in [0.4, 0.5) is 5.69 Å². The number of aromatic amines is 1. The second-order valence-electron chi connectivity index (χ2n) is 7.32. The Bertz CT molecular complexity index is 951. The summed E-state index contributed by atoms with van der Waals surface area (Å²) in [5.41, 5.74) is 3.34. The minimum absolute atomic E-state index is 0.730. The minimum atomic E-state index is 0.730. The zero-order valence-corrected chi connectivity index (χ0v) is 19.0. The Morgan fingerprint density at radius 1 is 1.07 bits per heavy atom. The fraction of sp³-hybridized carbons (Fsp3) is 0.375. The largest absolute Gasteiger partial charge is 0.497 e. The Kier molecular flexibility index (Phi) is 8.11. The Labute approximate surface area is 185 Å². The van der Waals surface area contributed by atoms with Crippen LogP contribution in [0.5, 0.6) is 5.75 Å². The number of methoxy groups -OCH3 is 1. The van der Waals surface area contributed by atoms with Crippen molar-refractivity contribution in [3.8, 4) is 5.75 Å². The second kappa shape index (κ2) is 11.0. The predicted molar refractivity (Wildman–Crippen MR) is 130 cm³/mol. The molecule has 0 spiro atoms. The van der Waals surface area contributed by atoms with Gasteiger partial charge in [0.05, 0.1) is 7.11 Å². The summed E-state index contributed by atoms with van der Waals surface area (Å²) in [6.07, 6.45) is 3.15. The summed E-state index contributed by atoms with van der Waals surface area (Å²) in [5, 5.41) is 5.37. The maximum atomic E-state index is 5.82. The molecule has 0 aliphatic rings. The van der Waals surface area contributed by atoms with E-state index in [2.05, 4.69) is 64.4 Å². The van der Waals surface area contributed by atoms with Crippen LogP contribution >= 0.6 is 12.2 Å². The van der Waals surface area contributed by atoms with Crippen molar-refractivity contribution in [2.24, 2.45) is 0 Å². The Morgan fingerprint density at radius 2 is 1.87 bits per heavy atom. The van der Waals surface area contributed by atoms with E-state index < -0.39 is 0 Å². The van der Waals surface area contributed by atoms with Crippen LogP contribution < -0.4 is 10.1 Å². The van der Waals surface area contributed by atoms with Crippen LogP contribution in [-0.4, -0.2) is 53.2 Å². The molecule has 2 aromatic carbocycles. The lowest BCUT2D eigenvalue weighted by molar-refractivity contribution is 0.281. The number of anilines is 1. The van der Waals surface area contributed by atoms with Crippen LogP contribution in [0, 0.1) is 0 Å². The number of rotatable bonds is 10. The molecule has 0 atom stereocenters. The number of hydrogen-bond acceptors (Lipinski definition) is 3. The van der Waals surface area contributed by atoms with Crippen LogP contribution in [0.2, 0.25) is 0 Å². The first-order valence-electron chi connectivity index (χ1n) is 10.6. The summed E-state index contributed by atoms with van der Waals surface area (Å²) in [6, 6.07) is 16.3. The third-order valence-corrected chi connectivity index (χ3v) is 5.80. The molecule has 2 N–H and O–H groups in total. The summed E-state index contributed by atoms with van der Waals surface area (Å²) in [7, 11) is 1.67. The summed E-state index contributed by atoms with van der Waals surface area (Å²) in [5.74, 6) is 0.813. The number of H-pyrrole nitrogens is 1. The zero-order valence-electron chi connectivity index (χ0n) is 18.1. The number of para-hydroxylation sites is 1. The molecule has 30 heavy (non-hydrogen) atoms. The summed E-state index contributed by atoms with van der Waals surface area (Å²) in [4.78, 5) is 8.08. The van der Waals surface area contributed by atoms with Crippen LogP contribution in [0.25, 0.3) is 10.9 Å². The number of nitrogens with zero attached hydrogens (tertiary/aromatic N) is 2. The molecule has 0 aliphatic heterocycles. The molecule has 160 valence electrons. The van der Waals surface area contributed by atoms with Crippen molar-refractivity contribution in [3.63, 3.8) is 0 Å². The van der Waals surface area contributed by atoms with Crippen LogP contribution in [0.1, 0.15) is 25.8 Å². The van der Waals surface area contributed by atoms with E-state index in [4.69, 9.17) is 17.0 Å². The Balaban J connectivity index is 1.74. The van der Waals surface area contributed by atoms with Gasteiger partial charge in [-0.15, -0.1) is 0 Å². The van der Waals surface area contributed by atoms with Gasteiger partial charge in [-0.2, -0.15) is 0 Å². The molecule has 0 unspecified atom stereocenters. The molecule has 1 aromatic heterocycles. The third kappa shape index (κ3) is 5.74. The van der Waals surface area contributed by atoms with E-state index in [0.29, 0.717) is 0 Å². The number of benzene rings is 2. The number of aromatic nitrogens is 1. The fourth-order valence-electron chi connectivity index (χ4n) is 3.65. The predicted octanol–water partition coefficient (Wildman–Crippen LogP) is 5.11. The average Bonchev–Trinajstić information content (AvgIpc) is 3.19. The summed E-state index contributed by atoms with van der Waals surface area (Å²) < 4.78 is 5.34. The number of nitrogens with one attached hydrogen (secondary N) is 2. The molecule has 0 saturated carbocycles. The van der Waals surface area contributed by atoms with Gasteiger partial charge in [0.2, 0.25) is 0 Å². The van der Waals surface area contributed by atoms with Gasteiger partial charge in [0, 0.05) is 41.9 Å². The Hall–Kier alpha value is -2.57. The minimum Gasteiger partial charge on any atom is -0.497 e. The maximum absolute atomic E-state index is 5.82. The summed E-state index contributed by atoms with van der Waals surface area (Å²) >= 11 is 5.82. The van der Waals surface area contributed by atoms with E-state index in [1.165, 1.54) is 10.9 Å². The third-order valence-electron chi connectivity index (χ3n) is 5.44. The highest BCUT2D eigenvalue weighted by Gasteiger charge is 2.14. The first-order chi connectivity index (χ1) is 14.6. The number of fused-ring (bicyclic) bond motifs is 1. The molecule has 1 heterocycles. The molecule has 0 fully saturated rings. The van der Waals surface area contributed by atoms with Crippen molar-refractivity contribution >= 4 is 33.9 Å². The Morgan fingerprint density at radius 3 is 2.63 bits per heavy atom. The van der Waals surface area contributed by atoms with E-state index in [-0.39, 0.29) is 0 Å². The molecular weight excluding hydrogens is 392 g/mol. The van der Waals surface area contributed by atoms with E-state index in [0.717, 1.165) is 61.2 Å². The molecule has 3 aromatic rings. The molecule has 3 rings (SSSR count). The van der Waals surface area contributed by atoms with Gasteiger partial charge in [-0.3, -0.25) is 0 Å². The zero-order chi connectivity index (χ0) is 21.3. The topological polar surface area (TPSA) is 43.5 Å². The first kappa shape index (κ1) is 22.1. The lowest BCUT2D eigenvalue weighted by Gasteiger charge is -2.27. The van der Waals surface area contributed by atoms with Gasteiger partial charge in [-0.25, -0.2) is 0 Å². The molecule has 6 heteroatoms. The molecule has 0 aliphatic carbocycles. The first-order valence-corrected chi connectivity index (χ1v) is 11.0. The van der Waals surface area contributed by atoms with Gasteiger partial charge >= 0.3 is 0 Å². The lowest BCUT2D eigenvalue weighted by atomic mass is 10.1. The van der Waals surface area contributed by atoms with Crippen molar-refractivity contribution in [3.05, 3.63) is 60.3 Å². The van der Waals surface area contributed by atoms with E-state index >= 15 is 0 Å². The number of ether oxygens (including phenoxy) is 1. The van der Waals surface area contributed by atoms with Crippen LogP contribution in [-0.2, 0) is 6.54 Å². The van der Waals surface area contributed by atoms with Gasteiger partial charge in [0.1, 0.15) is 5.75 Å². The van der Waals surface area contributed by atoms with Gasteiger partial charge in [-0.1, -0.05) is 38.1 Å². The highest BCUT2D eigenvalue weighted by molar-refractivity contribution is 7.80. The van der Waals surface area contributed by atoms with Gasteiger partial charge < -0.3 is 24.8 Å². The van der Waals surface area contributed by atoms with Crippen molar-refractivity contribution in [1.82, 2.24) is 14.8 Å². The molecule has 0 amide bonds. The average molecular weight is 425 g/mol. The van der Waals surface area contributed by atoms with Gasteiger partial charge in [-0.05, 0) is 62.0 Å². The van der Waals surface area contributed by atoms with Crippen molar-refractivity contribution in [2.45, 2.75) is 26.8 Å². The van der Waals surface area contributed by atoms with Gasteiger partial charge in [0.25, 0.3) is 0 Å². The highest BCUT2D eigenvalue weighted by atomic mass is 32.1. The molecular formula is C24H32N4OS. The maximum Gasteiger partial charge on any atom is 0.173 e. The number of hydrogen-bond donors (Lipinski definition) is 2. The van der Waals surface area contributed by atoms with E-state index in [1.54, 1.807) is 7.11 Å². The monoisotopic (exact) mass is 424 g/mol. The quantitative estimate of drug-likeness (QED) is 0.443. The van der Waals surface area contributed by atoms with E-state index in [1.807, 2.05) is 24.3 Å².